The first-order valence-corrected chi connectivity index (χ1v) is 6.36. The van der Waals surface area contributed by atoms with E-state index in [1.54, 1.807) is 0 Å². The van der Waals surface area contributed by atoms with Gasteiger partial charge in [-0.25, -0.2) is 4.79 Å². The first-order chi connectivity index (χ1) is 8.27. The van der Waals surface area contributed by atoms with Crippen LogP contribution in [0.5, 0.6) is 0 Å². The van der Waals surface area contributed by atoms with E-state index in [2.05, 4.69) is 4.74 Å². The lowest BCUT2D eigenvalue weighted by molar-refractivity contribution is -0.136. The van der Waals surface area contributed by atoms with Crippen LogP contribution in [0.2, 0.25) is 0 Å². The van der Waals surface area contributed by atoms with E-state index in [-0.39, 0.29) is 11.1 Å². The molecular formula is C10H11O7P. The second-order valence-corrected chi connectivity index (χ2v) is 4.95. The monoisotopic (exact) mass is 274 g/mol. The first-order valence-electron chi connectivity index (χ1n) is 4.75. The highest BCUT2D eigenvalue weighted by Gasteiger charge is 2.29. The molecule has 0 fully saturated rings. The summed E-state index contributed by atoms with van der Waals surface area (Å²) in [6.45, 7) is 0. The van der Waals surface area contributed by atoms with Gasteiger partial charge in [0.05, 0.1) is 24.4 Å². The van der Waals surface area contributed by atoms with Crippen LogP contribution >= 0.6 is 7.60 Å². The van der Waals surface area contributed by atoms with Crippen LogP contribution < -0.4 is 5.30 Å². The summed E-state index contributed by atoms with van der Waals surface area (Å²) >= 11 is 0. The molecule has 0 atom stereocenters. The van der Waals surface area contributed by atoms with Gasteiger partial charge >= 0.3 is 19.5 Å². The molecule has 0 unspecified atom stereocenters. The first kappa shape index (κ1) is 14.4. The van der Waals surface area contributed by atoms with Crippen molar-refractivity contribution < 1.29 is 33.8 Å². The summed E-state index contributed by atoms with van der Waals surface area (Å²) in [6, 6.07) is 3.75. The lowest BCUT2D eigenvalue weighted by Gasteiger charge is -2.13. The van der Waals surface area contributed by atoms with Gasteiger partial charge in [0.1, 0.15) is 0 Å². The van der Waals surface area contributed by atoms with Crippen molar-refractivity contribution in [1.82, 2.24) is 0 Å². The summed E-state index contributed by atoms with van der Waals surface area (Å²) in [6.07, 6.45) is -0.592. The average Bonchev–Trinajstić information content (AvgIpc) is 2.25. The highest BCUT2D eigenvalue weighted by atomic mass is 31.2. The standard InChI is InChI=1S/C10H11O7P/c1-17-10(13)7-4-2-3-6(5-8(11)12)9(7)18(14,15)16/h2-4H,5H2,1H3,(H,11,12)(H2,14,15,16). The molecule has 3 N–H and O–H groups in total. The topological polar surface area (TPSA) is 121 Å². The zero-order valence-electron chi connectivity index (χ0n) is 9.36. The molecule has 1 aromatic rings. The molecule has 0 aromatic heterocycles. The number of carboxylic acids is 1. The number of ether oxygens (including phenoxy) is 1. The van der Waals surface area contributed by atoms with Gasteiger partial charge in [0.25, 0.3) is 0 Å². The molecule has 0 aliphatic carbocycles. The predicted octanol–water partition coefficient (Wildman–Crippen LogP) is -0.0967. The Morgan fingerprint density at radius 1 is 1.33 bits per heavy atom. The fourth-order valence-corrected chi connectivity index (χ4v) is 2.52. The molecule has 0 spiro atoms. The van der Waals surface area contributed by atoms with E-state index in [0.29, 0.717) is 0 Å². The smallest absolute Gasteiger partial charge is 0.357 e. The molecule has 0 aliphatic rings. The Hall–Kier alpha value is -1.69. The Morgan fingerprint density at radius 2 is 1.94 bits per heavy atom. The van der Waals surface area contributed by atoms with E-state index in [1.165, 1.54) is 18.2 Å². The van der Waals surface area contributed by atoms with Crippen molar-refractivity contribution in [3.05, 3.63) is 29.3 Å². The third kappa shape index (κ3) is 3.16. The van der Waals surface area contributed by atoms with Crippen LogP contribution in [0.15, 0.2) is 18.2 Å². The molecule has 0 bridgehead atoms. The number of hydrogen-bond acceptors (Lipinski definition) is 4. The van der Waals surface area contributed by atoms with E-state index in [9.17, 15) is 23.9 Å². The van der Waals surface area contributed by atoms with Gasteiger partial charge in [-0.3, -0.25) is 9.36 Å². The zero-order valence-corrected chi connectivity index (χ0v) is 10.3. The normalized spacial score (nSPS) is 11.1. The number of aliphatic carboxylic acids is 1. The molecule has 18 heavy (non-hydrogen) atoms. The van der Waals surface area contributed by atoms with Gasteiger partial charge in [0, 0.05) is 0 Å². The maximum Gasteiger partial charge on any atom is 0.357 e. The van der Waals surface area contributed by atoms with Crippen LogP contribution in [0.25, 0.3) is 0 Å². The molecule has 0 amide bonds. The second-order valence-electron chi connectivity index (χ2n) is 3.42. The van der Waals surface area contributed by atoms with Crippen LogP contribution in [-0.2, 0) is 20.5 Å². The van der Waals surface area contributed by atoms with Crippen LogP contribution in [0.4, 0.5) is 0 Å². The van der Waals surface area contributed by atoms with Crippen LogP contribution in [0.3, 0.4) is 0 Å². The summed E-state index contributed by atoms with van der Waals surface area (Å²) in [5.41, 5.74) is -0.441. The summed E-state index contributed by atoms with van der Waals surface area (Å²) in [7, 11) is -3.72. The highest BCUT2D eigenvalue weighted by molar-refractivity contribution is 7.60. The van der Waals surface area contributed by atoms with E-state index in [0.717, 1.165) is 7.11 Å². The molecule has 0 saturated carbocycles. The summed E-state index contributed by atoms with van der Waals surface area (Å²) < 4.78 is 15.8. The third-order valence-corrected chi connectivity index (χ3v) is 3.27. The van der Waals surface area contributed by atoms with E-state index in [4.69, 9.17) is 5.11 Å². The van der Waals surface area contributed by atoms with Gasteiger partial charge in [0.15, 0.2) is 0 Å². The summed E-state index contributed by atoms with van der Waals surface area (Å²) in [5.74, 6) is -2.19. The number of hydrogen-bond donors (Lipinski definition) is 3. The van der Waals surface area contributed by atoms with E-state index >= 15 is 0 Å². The minimum absolute atomic E-state index is 0.112. The minimum atomic E-state index is -4.78. The number of carbonyl (C=O) groups is 2. The van der Waals surface area contributed by atoms with Crippen LogP contribution in [0.1, 0.15) is 15.9 Å². The van der Waals surface area contributed by atoms with Crippen molar-refractivity contribution in [2.75, 3.05) is 7.11 Å². The van der Waals surface area contributed by atoms with E-state index in [1.807, 2.05) is 0 Å². The Labute approximate surface area is 102 Å². The van der Waals surface area contributed by atoms with Crippen molar-refractivity contribution in [2.24, 2.45) is 0 Å². The maximum absolute atomic E-state index is 11.4. The number of carboxylic acid groups (broad SMARTS) is 1. The molecule has 0 radical (unpaired) electrons. The second kappa shape index (κ2) is 5.30. The van der Waals surface area contributed by atoms with Crippen LogP contribution in [-0.4, -0.2) is 33.9 Å². The van der Waals surface area contributed by atoms with Gasteiger partial charge in [-0.15, -0.1) is 0 Å². The molecule has 98 valence electrons. The van der Waals surface area contributed by atoms with Gasteiger partial charge in [0.2, 0.25) is 0 Å². The molecular weight excluding hydrogens is 263 g/mol. The molecule has 7 nitrogen and oxygen atoms in total. The number of benzene rings is 1. The number of carbonyl (C=O) groups excluding carboxylic acids is 1. The number of esters is 1. The van der Waals surface area contributed by atoms with Crippen LogP contribution in [0, 0.1) is 0 Å². The molecule has 0 aliphatic heterocycles. The molecule has 1 aromatic carbocycles. The minimum Gasteiger partial charge on any atom is -0.481 e. The quantitative estimate of drug-likeness (QED) is 0.518. The largest absolute Gasteiger partial charge is 0.481 e. The van der Waals surface area contributed by atoms with Crippen molar-refractivity contribution in [1.29, 1.82) is 0 Å². The van der Waals surface area contributed by atoms with E-state index < -0.39 is 31.3 Å². The Balaban J connectivity index is 3.50. The number of methoxy groups -OCH3 is 1. The van der Waals surface area contributed by atoms with Gasteiger partial charge in [-0.05, 0) is 11.6 Å². The molecule has 8 heteroatoms. The molecule has 0 saturated heterocycles. The Morgan fingerprint density at radius 3 is 2.39 bits per heavy atom. The van der Waals surface area contributed by atoms with Gasteiger partial charge in [-0.2, -0.15) is 0 Å². The molecule has 0 heterocycles. The highest BCUT2D eigenvalue weighted by Crippen LogP contribution is 2.36. The lowest BCUT2D eigenvalue weighted by Crippen LogP contribution is -2.22. The van der Waals surface area contributed by atoms with Gasteiger partial charge < -0.3 is 19.6 Å². The SMILES string of the molecule is COC(=O)c1cccc(CC(=O)O)c1P(=O)(O)O. The molecule has 1 rings (SSSR count). The number of rotatable bonds is 4. The maximum atomic E-state index is 11.4. The summed E-state index contributed by atoms with van der Waals surface area (Å²) in [4.78, 5) is 40.5. The Bertz CT molecular complexity index is 531. The fourth-order valence-electron chi connectivity index (χ4n) is 1.52. The zero-order chi connectivity index (χ0) is 13.9. The van der Waals surface area contributed by atoms with Crippen molar-refractivity contribution >= 4 is 24.8 Å². The average molecular weight is 274 g/mol. The van der Waals surface area contributed by atoms with Crippen molar-refractivity contribution in [3.8, 4) is 0 Å². The fraction of sp³-hybridized carbons (Fsp3) is 0.200. The van der Waals surface area contributed by atoms with Gasteiger partial charge in [-0.1, -0.05) is 12.1 Å². The Kier molecular flexibility index (Phi) is 4.24. The predicted molar refractivity (Wildman–Crippen MR) is 60.8 cm³/mol. The van der Waals surface area contributed by atoms with Crippen molar-refractivity contribution in [2.45, 2.75) is 6.42 Å². The lowest BCUT2D eigenvalue weighted by atomic mass is 10.1. The third-order valence-electron chi connectivity index (χ3n) is 2.16. The van der Waals surface area contributed by atoms with Crippen molar-refractivity contribution in [3.63, 3.8) is 0 Å². The summed E-state index contributed by atoms with van der Waals surface area (Å²) in [5, 5.41) is 8.08.